The normalized spacial score (nSPS) is 18.4. The summed E-state index contributed by atoms with van der Waals surface area (Å²) in [5.41, 5.74) is 0.233. The molecule has 24 heavy (non-hydrogen) atoms. The lowest BCUT2D eigenvalue weighted by molar-refractivity contribution is -0.384. The fraction of sp³-hybridized carbons (Fsp3) is 0.562. The molecule has 1 fully saturated rings. The first kappa shape index (κ1) is 18.0. The Morgan fingerprint density at radius 1 is 1.33 bits per heavy atom. The number of rotatable bonds is 3. The van der Waals surface area contributed by atoms with Gasteiger partial charge < -0.3 is 19.6 Å². The van der Waals surface area contributed by atoms with Gasteiger partial charge in [-0.15, -0.1) is 0 Å². The van der Waals surface area contributed by atoms with Crippen molar-refractivity contribution in [3.63, 3.8) is 0 Å². The Hall–Kier alpha value is -2.35. The van der Waals surface area contributed by atoms with E-state index in [-0.39, 0.29) is 18.3 Å². The van der Waals surface area contributed by atoms with Gasteiger partial charge in [-0.05, 0) is 32.9 Å². The SMILES string of the molecule is CC(C)(C)OC(=O)N1CCN(c2ccc([N+](=O)[O-])cc2)[C@H](CO)C1. The highest BCUT2D eigenvalue weighted by atomic mass is 16.6. The molecule has 1 aromatic carbocycles. The monoisotopic (exact) mass is 337 g/mol. The Labute approximate surface area is 140 Å². The number of piperazine rings is 1. The smallest absolute Gasteiger partial charge is 0.410 e. The number of nitrogens with zero attached hydrogens (tertiary/aromatic N) is 3. The summed E-state index contributed by atoms with van der Waals surface area (Å²) in [5.74, 6) is 0. The molecular formula is C16H23N3O5. The highest BCUT2D eigenvalue weighted by Gasteiger charge is 2.31. The maximum Gasteiger partial charge on any atom is 0.410 e. The van der Waals surface area contributed by atoms with Crippen LogP contribution in [-0.4, -0.2) is 58.9 Å². The summed E-state index contributed by atoms with van der Waals surface area (Å²) in [4.78, 5) is 26.0. The summed E-state index contributed by atoms with van der Waals surface area (Å²) in [7, 11) is 0. The Kier molecular flexibility index (Phi) is 5.28. The van der Waals surface area contributed by atoms with Gasteiger partial charge in [-0.1, -0.05) is 0 Å². The molecule has 1 atom stereocenters. The highest BCUT2D eigenvalue weighted by Crippen LogP contribution is 2.24. The van der Waals surface area contributed by atoms with Crippen molar-refractivity contribution in [2.75, 3.05) is 31.1 Å². The van der Waals surface area contributed by atoms with Gasteiger partial charge in [-0.2, -0.15) is 0 Å². The van der Waals surface area contributed by atoms with Crippen molar-refractivity contribution in [3.05, 3.63) is 34.4 Å². The summed E-state index contributed by atoms with van der Waals surface area (Å²) in [6, 6.07) is 5.90. The summed E-state index contributed by atoms with van der Waals surface area (Å²) >= 11 is 0. The number of anilines is 1. The minimum Gasteiger partial charge on any atom is -0.444 e. The molecule has 0 bridgehead atoms. The fourth-order valence-corrected chi connectivity index (χ4v) is 2.61. The maximum atomic E-state index is 12.2. The van der Waals surface area contributed by atoms with E-state index in [0.29, 0.717) is 19.6 Å². The maximum absolute atomic E-state index is 12.2. The molecule has 1 aromatic rings. The predicted molar refractivity (Wildman–Crippen MR) is 89.1 cm³/mol. The number of carbonyl (C=O) groups is 1. The molecule has 2 rings (SSSR count). The quantitative estimate of drug-likeness (QED) is 0.669. The number of aliphatic hydroxyl groups excluding tert-OH is 1. The Morgan fingerprint density at radius 3 is 2.46 bits per heavy atom. The zero-order valence-electron chi connectivity index (χ0n) is 14.1. The van der Waals surface area contributed by atoms with Crippen molar-refractivity contribution < 1.29 is 19.6 Å². The van der Waals surface area contributed by atoms with Gasteiger partial charge in [-0.3, -0.25) is 10.1 Å². The highest BCUT2D eigenvalue weighted by molar-refractivity contribution is 5.69. The van der Waals surface area contributed by atoms with Gasteiger partial charge in [0.1, 0.15) is 5.60 Å². The van der Waals surface area contributed by atoms with Crippen LogP contribution in [0.5, 0.6) is 0 Å². The number of aliphatic hydroxyl groups is 1. The van der Waals surface area contributed by atoms with Crippen LogP contribution in [0, 0.1) is 10.1 Å². The average Bonchev–Trinajstić information content (AvgIpc) is 2.52. The lowest BCUT2D eigenvalue weighted by Crippen LogP contribution is -2.57. The second kappa shape index (κ2) is 7.04. The molecule has 1 saturated heterocycles. The van der Waals surface area contributed by atoms with Crippen LogP contribution in [0.1, 0.15) is 20.8 Å². The number of benzene rings is 1. The van der Waals surface area contributed by atoms with Crippen molar-refractivity contribution in [2.45, 2.75) is 32.4 Å². The second-order valence-corrected chi connectivity index (χ2v) is 6.73. The van der Waals surface area contributed by atoms with Gasteiger partial charge >= 0.3 is 6.09 Å². The first-order valence-electron chi connectivity index (χ1n) is 7.81. The van der Waals surface area contributed by atoms with Crippen LogP contribution in [0.4, 0.5) is 16.2 Å². The van der Waals surface area contributed by atoms with E-state index >= 15 is 0 Å². The van der Waals surface area contributed by atoms with Gasteiger partial charge in [0, 0.05) is 37.5 Å². The summed E-state index contributed by atoms with van der Waals surface area (Å²) < 4.78 is 5.36. The van der Waals surface area contributed by atoms with Crippen LogP contribution in [0.25, 0.3) is 0 Å². The third-order valence-electron chi connectivity index (χ3n) is 3.74. The van der Waals surface area contributed by atoms with E-state index in [1.165, 1.54) is 12.1 Å². The Bertz CT molecular complexity index is 597. The van der Waals surface area contributed by atoms with Crippen LogP contribution >= 0.6 is 0 Å². The molecule has 0 aromatic heterocycles. The third kappa shape index (κ3) is 4.35. The number of hydrogen-bond donors (Lipinski definition) is 1. The van der Waals surface area contributed by atoms with E-state index in [4.69, 9.17) is 4.74 Å². The molecule has 1 amide bonds. The molecule has 0 spiro atoms. The molecular weight excluding hydrogens is 314 g/mol. The van der Waals surface area contributed by atoms with Gasteiger partial charge in [-0.25, -0.2) is 4.79 Å². The van der Waals surface area contributed by atoms with Crippen molar-refractivity contribution in [2.24, 2.45) is 0 Å². The lowest BCUT2D eigenvalue weighted by atomic mass is 10.1. The first-order chi connectivity index (χ1) is 11.2. The van der Waals surface area contributed by atoms with Gasteiger partial charge in [0.2, 0.25) is 0 Å². The summed E-state index contributed by atoms with van der Waals surface area (Å²) in [6.07, 6.45) is -0.399. The standard InChI is InChI=1S/C16H23N3O5/c1-16(2,3)24-15(21)17-8-9-18(14(10-17)11-20)12-4-6-13(7-5-12)19(22)23/h4-7,14,20H,8-11H2,1-3H3/t14-/m0/s1. The van der Waals surface area contributed by atoms with E-state index in [9.17, 15) is 20.0 Å². The number of non-ortho nitro benzene ring substituents is 1. The van der Waals surface area contributed by atoms with Gasteiger partial charge in [0.25, 0.3) is 5.69 Å². The molecule has 8 heteroatoms. The van der Waals surface area contributed by atoms with Crippen molar-refractivity contribution in [1.82, 2.24) is 4.90 Å². The molecule has 0 unspecified atom stereocenters. The van der Waals surface area contributed by atoms with Crippen LogP contribution in [-0.2, 0) is 4.74 Å². The van der Waals surface area contributed by atoms with Crippen LogP contribution in [0.15, 0.2) is 24.3 Å². The second-order valence-electron chi connectivity index (χ2n) is 6.73. The summed E-state index contributed by atoms with van der Waals surface area (Å²) in [6.45, 7) is 6.61. The van der Waals surface area contributed by atoms with E-state index in [0.717, 1.165) is 5.69 Å². The Balaban J connectivity index is 2.07. The molecule has 0 saturated carbocycles. The molecule has 1 aliphatic heterocycles. The van der Waals surface area contributed by atoms with Crippen molar-refractivity contribution in [3.8, 4) is 0 Å². The lowest BCUT2D eigenvalue weighted by Gasteiger charge is -2.42. The molecule has 1 heterocycles. The van der Waals surface area contributed by atoms with Gasteiger partial charge in [0.05, 0.1) is 17.6 Å². The van der Waals surface area contributed by atoms with E-state index in [1.807, 2.05) is 25.7 Å². The fourth-order valence-electron chi connectivity index (χ4n) is 2.61. The zero-order valence-corrected chi connectivity index (χ0v) is 14.1. The minimum atomic E-state index is -0.568. The van der Waals surface area contributed by atoms with Gasteiger partial charge in [0.15, 0.2) is 0 Å². The predicted octanol–water partition coefficient (Wildman–Crippen LogP) is 2.01. The summed E-state index contributed by atoms with van der Waals surface area (Å²) in [5, 5.41) is 20.4. The number of carbonyl (C=O) groups excluding carboxylic acids is 1. The first-order valence-corrected chi connectivity index (χ1v) is 7.81. The number of amides is 1. The van der Waals surface area contributed by atoms with E-state index in [2.05, 4.69) is 0 Å². The number of ether oxygens (including phenoxy) is 1. The average molecular weight is 337 g/mol. The molecule has 132 valence electrons. The van der Waals surface area contributed by atoms with Crippen molar-refractivity contribution in [1.29, 1.82) is 0 Å². The molecule has 8 nitrogen and oxygen atoms in total. The largest absolute Gasteiger partial charge is 0.444 e. The minimum absolute atomic E-state index is 0.0201. The third-order valence-corrected chi connectivity index (χ3v) is 3.74. The molecule has 1 N–H and O–H groups in total. The Morgan fingerprint density at radius 2 is 1.96 bits per heavy atom. The number of nitro groups is 1. The zero-order chi connectivity index (χ0) is 17.9. The van der Waals surface area contributed by atoms with E-state index < -0.39 is 16.6 Å². The van der Waals surface area contributed by atoms with Crippen LogP contribution < -0.4 is 4.90 Å². The molecule has 1 aliphatic rings. The van der Waals surface area contributed by atoms with Crippen LogP contribution in [0.3, 0.4) is 0 Å². The van der Waals surface area contributed by atoms with Crippen molar-refractivity contribution >= 4 is 17.5 Å². The number of hydrogen-bond acceptors (Lipinski definition) is 6. The topological polar surface area (TPSA) is 96.2 Å². The number of nitro benzene ring substituents is 1. The van der Waals surface area contributed by atoms with E-state index in [1.54, 1.807) is 17.0 Å². The molecule has 0 aliphatic carbocycles. The van der Waals surface area contributed by atoms with Crippen LogP contribution in [0.2, 0.25) is 0 Å². The molecule has 0 radical (unpaired) electrons.